The molecule has 1 aliphatic rings. The fourth-order valence-electron chi connectivity index (χ4n) is 3.87. The van der Waals surface area contributed by atoms with Crippen molar-refractivity contribution in [2.75, 3.05) is 0 Å². The van der Waals surface area contributed by atoms with Crippen LogP contribution in [-0.2, 0) is 0 Å². The summed E-state index contributed by atoms with van der Waals surface area (Å²) >= 11 is 0. The van der Waals surface area contributed by atoms with E-state index in [1.165, 1.54) is 29.5 Å². The Kier molecular flexibility index (Phi) is 5.35. The molecule has 24 heavy (non-hydrogen) atoms. The second-order valence-electron chi connectivity index (χ2n) is 7.36. The maximum absolute atomic E-state index is 2.52. The van der Waals surface area contributed by atoms with Gasteiger partial charge in [-0.3, -0.25) is 0 Å². The van der Waals surface area contributed by atoms with Crippen LogP contribution in [0.15, 0.2) is 66.2 Å². The molecule has 2 aromatic carbocycles. The van der Waals surface area contributed by atoms with Crippen LogP contribution in [0.25, 0.3) is 12.2 Å². The molecule has 0 heterocycles. The van der Waals surface area contributed by atoms with Crippen LogP contribution in [0.3, 0.4) is 0 Å². The van der Waals surface area contributed by atoms with E-state index in [4.69, 9.17) is 0 Å². The number of benzene rings is 2. The summed E-state index contributed by atoms with van der Waals surface area (Å²) in [6.07, 6.45) is 9.58. The van der Waals surface area contributed by atoms with E-state index in [9.17, 15) is 0 Å². The number of hydrogen-bond acceptors (Lipinski definition) is 0. The molecule has 0 amide bonds. The lowest BCUT2D eigenvalue weighted by Crippen LogP contribution is -2.21. The van der Waals surface area contributed by atoms with E-state index in [1.54, 1.807) is 5.57 Å². The van der Waals surface area contributed by atoms with Crippen LogP contribution in [-0.4, -0.2) is 0 Å². The molecule has 0 spiro atoms. The maximum atomic E-state index is 2.52. The third kappa shape index (κ3) is 3.87. The molecule has 0 bridgehead atoms. The molecule has 0 radical (unpaired) electrons. The van der Waals surface area contributed by atoms with Crippen LogP contribution in [0.2, 0.25) is 0 Å². The molecule has 0 heteroatoms. The lowest BCUT2D eigenvalue weighted by Gasteiger charge is -2.33. The van der Waals surface area contributed by atoms with Crippen LogP contribution in [0.5, 0.6) is 0 Å². The first-order chi connectivity index (χ1) is 11.6. The lowest BCUT2D eigenvalue weighted by atomic mass is 9.71. The van der Waals surface area contributed by atoms with E-state index in [1.807, 2.05) is 0 Å². The lowest BCUT2D eigenvalue weighted by molar-refractivity contribution is 0.315. The summed E-state index contributed by atoms with van der Waals surface area (Å²) in [5, 5.41) is 0. The van der Waals surface area contributed by atoms with Gasteiger partial charge in [-0.2, -0.15) is 0 Å². The van der Waals surface area contributed by atoms with Gasteiger partial charge in [-0.25, -0.2) is 0 Å². The Morgan fingerprint density at radius 2 is 1.62 bits per heavy atom. The zero-order chi connectivity index (χ0) is 16.9. The minimum atomic E-state index is 0.537. The predicted octanol–water partition coefficient (Wildman–Crippen LogP) is 6.95. The molecule has 124 valence electrons. The molecular weight excluding hydrogens is 288 g/mol. The summed E-state index contributed by atoms with van der Waals surface area (Å²) in [6.45, 7) is 7.02. The molecule has 1 aliphatic carbocycles. The number of hydrogen-bond donors (Lipinski definition) is 0. The Labute approximate surface area is 146 Å². The minimum absolute atomic E-state index is 0.537. The molecule has 2 unspecified atom stereocenters. The van der Waals surface area contributed by atoms with E-state index in [2.05, 4.69) is 93.6 Å². The molecule has 0 fully saturated rings. The molecular formula is C24H28. The summed E-state index contributed by atoms with van der Waals surface area (Å²) in [4.78, 5) is 0. The fourth-order valence-corrected chi connectivity index (χ4v) is 3.87. The van der Waals surface area contributed by atoms with Crippen LogP contribution in [0.4, 0.5) is 0 Å². The molecule has 0 nitrogen and oxygen atoms in total. The first-order valence-electron chi connectivity index (χ1n) is 9.14. The Balaban J connectivity index is 1.96. The first kappa shape index (κ1) is 16.8. The van der Waals surface area contributed by atoms with Crippen molar-refractivity contribution >= 4 is 12.2 Å². The highest BCUT2D eigenvalue weighted by molar-refractivity contribution is 5.71. The van der Waals surface area contributed by atoms with E-state index < -0.39 is 0 Å². The Morgan fingerprint density at radius 3 is 2.38 bits per heavy atom. The van der Waals surface area contributed by atoms with Crippen molar-refractivity contribution in [1.29, 1.82) is 0 Å². The summed E-state index contributed by atoms with van der Waals surface area (Å²) in [6, 6.07) is 19.5. The standard InChI is InChI=1S/C24H28/c1-18(2)22-16-13-19(3)17-24(22)23-12-8-7-11-21(23)15-14-20-9-5-4-6-10-20/h4-12,14-15,17-18,22,24H,13,16H2,1-3H3/b15-14+. The third-order valence-corrected chi connectivity index (χ3v) is 5.26. The molecule has 0 aromatic heterocycles. The van der Waals surface area contributed by atoms with Gasteiger partial charge in [0.15, 0.2) is 0 Å². The molecule has 0 aliphatic heterocycles. The zero-order valence-electron chi connectivity index (χ0n) is 15.1. The number of rotatable bonds is 4. The van der Waals surface area contributed by atoms with Gasteiger partial charge in [-0.15, -0.1) is 0 Å². The highest BCUT2D eigenvalue weighted by atomic mass is 14.3. The zero-order valence-corrected chi connectivity index (χ0v) is 15.1. The average Bonchev–Trinajstić information content (AvgIpc) is 2.61. The van der Waals surface area contributed by atoms with Crippen LogP contribution in [0, 0.1) is 11.8 Å². The van der Waals surface area contributed by atoms with Crippen LogP contribution >= 0.6 is 0 Å². The van der Waals surface area contributed by atoms with Crippen molar-refractivity contribution < 1.29 is 0 Å². The van der Waals surface area contributed by atoms with Gasteiger partial charge in [0.05, 0.1) is 0 Å². The van der Waals surface area contributed by atoms with Gasteiger partial charge < -0.3 is 0 Å². The second kappa shape index (κ2) is 7.66. The highest BCUT2D eigenvalue weighted by Gasteiger charge is 2.28. The predicted molar refractivity (Wildman–Crippen MR) is 106 cm³/mol. The topological polar surface area (TPSA) is 0 Å². The number of allylic oxidation sites excluding steroid dienone is 2. The minimum Gasteiger partial charge on any atom is -0.0778 e. The van der Waals surface area contributed by atoms with Crippen molar-refractivity contribution in [2.24, 2.45) is 11.8 Å². The molecule has 2 aromatic rings. The van der Waals surface area contributed by atoms with Crippen LogP contribution in [0.1, 0.15) is 56.2 Å². The summed E-state index contributed by atoms with van der Waals surface area (Å²) in [5.41, 5.74) is 5.62. The molecule has 0 N–H and O–H groups in total. The van der Waals surface area contributed by atoms with E-state index in [0.29, 0.717) is 11.8 Å². The maximum Gasteiger partial charge on any atom is 0.00573 e. The molecule has 2 atom stereocenters. The van der Waals surface area contributed by atoms with E-state index >= 15 is 0 Å². The van der Waals surface area contributed by atoms with Gasteiger partial charge in [0.2, 0.25) is 0 Å². The Bertz CT molecular complexity index is 719. The van der Waals surface area contributed by atoms with Gasteiger partial charge in [-0.1, -0.05) is 92.2 Å². The fraction of sp³-hybridized carbons (Fsp3) is 0.333. The second-order valence-corrected chi connectivity index (χ2v) is 7.36. The van der Waals surface area contributed by atoms with Crippen molar-refractivity contribution in [3.05, 3.63) is 82.9 Å². The first-order valence-corrected chi connectivity index (χ1v) is 9.14. The molecule has 3 rings (SSSR count). The van der Waals surface area contributed by atoms with Gasteiger partial charge >= 0.3 is 0 Å². The van der Waals surface area contributed by atoms with E-state index in [-0.39, 0.29) is 0 Å². The van der Waals surface area contributed by atoms with Crippen molar-refractivity contribution in [3.8, 4) is 0 Å². The Morgan fingerprint density at radius 1 is 0.917 bits per heavy atom. The summed E-state index contributed by atoms with van der Waals surface area (Å²) in [5.74, 6) is 1.99. The van der Waals surface area contributed by atoms with Crippen molar-refractivity contribution in [3.63, 3.8) is 0 Å². The normalized spacial score (nSPS) is 21.2. The quantitative estimate of drug-likeness (QED) is 0.423. The SMILES string of the molecule is CC1=CC(c2ccccc2/C=C/c2ccccc2)C(C(C)C)CC1. The highest BCUT2D eigenvalue weighted by Crippen LogP contribution is 2.41. The largest absolute Gasteiger partial charge is 0.0778 e. The average molecular weight is 316 g/mol. The smallest absolute Gasteiger partial charge is 0.00573 e. The molecule has 0 saturated heterocycles. The monoisotopic (exact) mass is 316 g/mol. The summed E-state index contributed by atoms with van der Waals surface area (Å²) < 4.78 is 0. The van der Waals surface area contributed by atoms with Gasteiger partial charge in [-0.05, 0) is 48.3 Å². The van der Waals surface area contributed by atoms with E-state index in [0.717, 1.165) is 5.92 Å². The Hall–Kier alpha value is -2.08. The third-order valence-electron chi connectivity index (χ3n) is 5.26. The van der Waals surface area contributed by atoms with Gasteiger partial charge in [0.25, 0.3) is 0 Å². The summed E-state index contributed by atoms with van der Waals surface area (Å²) in [7, 11) is 0. The van der Waals surface area contributed by atoms with Crippen molar-refractivity contribution in [2.45, 2.75) is 39.5 Å². The van der Waals surface area contributed by atoms with Gasteiger partial charge in [0.1, 0.15) is 0 Å². The van der Waals surface area contributed by atoms with Crippen molar-refractivity contribution in [1.82, 2.24) is 0 Å². The molecule has 0 saturated carbocycles. The van der Waals surface area contributed by atoms with Crippen LogP contribution < -0.4 is 0 Å². The van der Waals surface area contributed by atoms with Gasteiger partial charge in [0, 0.05) is 5.92 Å².